The van der Waals surface area contributed by atoms with Crippen molar-refractivity contribution >= 4 is 26.6 Å². The van der Waals surface area contributed by atoms with E-state index < -0.39 is 40.5 Å². The number of hydrogen-bond donors (Lipinski definition) is 2. The van der Waals surface area contributed by atoms with Crippen LogP contribution >= 0.6 is 0 Å². The van der Waals surface area contributed by atoms with Crippen LogP contribution in [0.15, 0.2) is 53.7 Å². The van der Waals surface area contributed by atoms with Crippen LogP contribution in [0.1, 0.15) is 54.6 Å². The Hall–Kier alpha value is -3.25. The third kappa shape index (κ3) is 6.85. The minimum atomic E-state index is -4.15. The predicted molar refractivity (Wildman–Crippen MR) is 138 cm³/mol. The first kappa shape index (κ1) is 28.8. The van der Waals surface area contributed by atoms with Crippen molar-refractivity contribution in [1.82, 2.24) is 15.3 Å². The van der Waals surface area contributed by atoms with Gasteiger partial charge in [-0.15, -0.1) is 0 Å². The molecule has 1 amide bonds. The highest BCUT2D eigenvalue weighted by Crippen LogP contribution is 2.39. The Morgan fingerprint density at radius 1 is 1.10 bits per heavy atom. The van der Waals surface area contributed by atoms with E-state index in [0.717, 1.165) is 0 Å². The van der Waals surface area contributed by atoms with Crippen LogP contribution < -0.4 is 10.1 Å². The number of carbonyl (C=O) groups excluding carboxylic acids is 1. The number of sulfone groups is 1. The molecule has 12 heteroatoms. The second-order valence-corrected chi connectivity index (χ2v) is 11.9. The van der Waals surface area contributed by atoms with Gasteiger partial charge in [-0.1, -0.05) is 19.1 Å². The summed E-state index contributed by atoms with van der Waals surface area (Å²) in [6.07, 6.45) is -1.81. The van der Waals surface area contributed by atoms with Crippen LogP contribution in [0.5, 0.6) is 5.88 Å². The fourth-order valence-corrected chi connectivity index (χ4v) is 5.58. The quantitative estimate of drug-likeness (QED) is 0.388. The van der Waals surface area contributed by atoms with Gasteiger partial charge >= 0.3 is 6.18 Å². The van der Waals surface area contributed by atoms with Crippen LogP contribution in [0.3, 0.4) is 0 Å². The molecule has 1 fully saturated rings. The molecule has 2 aromatic carbocycles. The average molecular weight is 566 g/mol. The first-order valence-corrected chi connectivity index (χ1v) is 14.4. The van der Waals surface area contributed by atoms with Gasteiger partial charge < -0.3 is 15.2 Å². The second-order valence-electron chi connectivity index (χ2n) is 9.66. The van der Waals surface area contributed by atoms with Crippen molar-refractivity contribution in [3.8, 4) is 5.88 Å². The number of nitrogens with one attached hydrogen (secondary N) is 1. The number of aromatic nitrogens is 2. The lowest BCUT2D eigenvalue weighted by Gasteiger charge is -2.29. The molecule has 39 heavy (non-hydrogen) atoms. The summed E-state index contributed by atoms with van der Waals surface area (Å²) in [6, 6.07) is 9.99. The number of ether oxygens (including phenoxy) is 1. The van der Waals surface area contributed by atoms with Gasteiger partial charge in [0.25, 0.3) is 5.91 Å². The Labute approximate surface area is 224 Å². The minimum Gasteiger partial charge on any atom is -0.477 e. The number of amides is 1. The second kappa shape index (κ2) is 11.9. The van der Waals surface area contributed by atoms with Crippen LogP contribution in [0, 0.1) is 11.8 Å². The van der Waals surface area contributed by atoms with Crippen LogP contribution in [0.2, 0.25) is 0 Å². The highest BCUT2D eigenvalue weighted by Gasteiger charge is 2.41. The zero-order valence-corrected chi connectivity index (χ0v) is 22.1. The first-order chi connectivity index (χ1) is 18.5. The van der Waals surface area contributed by atoms with Gasteiger partial charge in [0.05, 0.1) is 46.7 Å². The summed E-state index contributed by atoms with van der Waals surface area (Å²) < 4.78 is 68.7. The van der Waals surface area contributed by atoms with Gasteiger partial charge in [-0.2, -0.15) is 13.2 Å². The highest BCUT2D eigenvalue weighted by atomic mass is 32.2. The summed E-state index contributed by atoms with van der Waals surface area (Å²) in [6.45, 7) is 1.40. The van der Waals surface area contributed by atoms with Gasteiger partial charge in [-0.25, -0.2) is 18.4 Å². The SMILES string of the molecule is CCS(=O)(=O)c1ccc([C@H](CO)NC(=O)c2ccc3c(OC[C@H]4CC[C@H](C(F)(F)F)CC4)ncnc3c2)cc1. The lowest BCUT2D eigenvalue weighted by molar-refractivity contribution is -0.184. The van der Waals surface area contributed by atoms with Crippen LogP contribution in [-0.4, -0.2) is 54.5 Å². The number of carbonyl (C=O) groups is 1. The molecule has 3 aromatic rings. The fourth-order valence-electron chi connectivity index (χ4n) is 4.69. The van der Waals surface area contributed by atoms with Crippen molar-refractivity contribution in [2.75, 3.05) is 19.0 Å². The largest absolute Gasteiger partial charge is 0.477 e. The van der Waals surface area contributed by atoms with Gasteiger partial charge in [-0.05, 0) is 67.5 Å². The zero-order valence-electron chi connectivity index (χ0n) is 21.3. The Morgan fingerprint density at radius 3 is 2.41 bits per heavy atom. The van der Waals surface area contributed by atoms with E-state index >= 15 is 0 Å². The molecule has 8 nitrogen and oxygen atoms in total. The molecule has 210 valence electrons. The number of alkyl halides is 3. The smallest absolute Gasteiger partial charge is 0.391 e. The number of halogens is 3. The Morgan fingerprint density at radius 2 is 1.79 bits per heavy atom. The standard InChI is InChI=1S/C27H30F3N3O5S/c1-2-39(36,37)21-10-5-18(6-11-21)24(14-34)33-25(35)19-7-12-22-23(13-19)31-16-32-26(22)38-15-17-3-8-20(9-4-17)27(28,29)30/h5-7,10-13,16-17,20,24,34H,2-4,8-9,14-15H2,1H3,(H,33,35)/t17-,20-,24-/m0/s1. The van der Waals surface area contributed by atoms with Crippen LogP contribution in [0.25, 0.3) is 10.9 Å². The van der Waals surface area contributed by atoms with E-state index in [1.807, 2.05) is 0 Å². The molecule has 1 heterocycles. The molecule has 0 unspecified atom stereocenters. The van der Waals surface area contributed by atoms with Gasteiger partial charge in [0.2, 0.25) is 5.88 Å². The molecule has 0 bridgehead atoms. The van der Waals surface area contributed by atoms with E-state index in [0.29, 0.717) is 35.2 Å². The molecule has 1 atom stereocenters. The van der Waals surface area contributed by atoms with E-state index in [-0.39, 0.29) is 41.6 Å². The van der Waals surface area contributed by atoms with Crippen molar-refractivity contribution in [2.24, 2.45) is 11.8 Å². The molecule has 1 aliphatic rings. The first-order valence-electron chi connectivity index (χ1n) is 12.7. The lowest BCUT2D eigenvalue weighted by Crippen LogP contribution is -2.30. The third-order valence-electron chi connectivity index (χ3n) is 7.14. The number of rotatable bonds is 9. The summed E-state index contributed by atoms with van der Waals surface area (Å²) in [5.41, 5.74) is 1.27. The Kier molecular flexibility index (Phi) is 8.75. The third-order valence-corrected chi connectivity index (χ3v) is 8.89. The summed E-state index contributed by atoms with van der Waals surface area (Å²) in [4.78, 5) is 21.5. The van der Waals surface area contributed by atoms with E-state index in [1.54, 1.807) is 37.3 Å². The molecule has 4 rings (SSSR count). The maximum absolute atomic E-state index is 12.9. The van der Waals surface area contributed by atoms with Crippen molar-refractivity contribution in [3.05, 3.63) is 59.9 Å². The number of benzene rings is 2. The van der Waals surface area contributed by atoms with Crippen molar-refractivity contribution < 1.29 is 36.2 Å². The molecule has 0 spiro atoms. The van der Waals surface area contributed by atoms with Crippen LogP contribution in [0.4, 0.5) is 13.2 Å². The van der Waals surface area contributed by atoms with Crippen molar-refractivity contribution in [2.45, 2.75) is 49.7 Å². The molecular weight excluding hydrogens is 535 g/mol. The topological polar surface area (TPSA) is 118 Å². The maximum Gasteiger partial charge on any atom is 0.391 e. The summed E-state index contributed by atoms with van der Waals surface area (Å²) in [5.74, 6) is -1.46. The molecular formula is C27H30F3N3O5S. The zero-order chi connectivity index (χ0) is 28.2. The minimum absolute atomic E-state index is 0.00484. The number of fused-ring (bicyclic) bond motifs is 1. The maximum atomic E-state index is 12.9. The van der Waals surface area contributed by atoms with Gasteiger partial charge in [-0.3, -0.25) is 4.79 Å². The number of aliphatic hydroxyl groups is 1. The van der Waals surface area contributed by atoms with Crippen molar-refractivity contribution in [3.63, 3.8) is 0 Å². The van der Waals surface area contributed by atoms with Crippen molar-refractivity contribution in [1.29, 1.82) is 0 Å². The molecule has 0 aliphatic heterocycles. The summed E-state index contributed by atoms with van der Waals surface area (Å²) in [5, 5.41) is 13.2. The number of hydrogen-bond acceptors (Lipinski definition) is 7. The predicted octanol–water partition coefficient (Wildman–Crippen LogP) is 4.63. The number of nitrogens with zero attached hydrogens (tertiary/aromatic N) is 2. The van der Waals surface area contributed by atoms with E-state index in [2.05, 4.69) is 15.3 Å². The summed E-state index contributed by atoms with van der Waals surface area (Å²) >= 11 is 0. The van der Waals surface area contributed by atoms with Gasteiger partial charge in [0.1, 0.15) is 6.33 Å². The molecule has 1 aliphatic carbocycles. The fraction of sp³-hybridized carbons (Fsp3) is 0.444. The Balaban J connectivity index is 1.41. The molecule has 0 saturated heterocycles. The lowest BCUT2D eigenvalue weighted by atomic mass is 9.82. The average Bonchev–Trinajstić information content (AvgIpc) is 2.94. The highest BCUT2D eigenvalue weighted by molar-refractivity contribution is 7.91. The molecule has 0 radical (unpaired) electrons. The molecule has 1 aromatic heterocycles. The van der Waals surface area contributed by atoms with Gasteiger partial charge in [0, 0.05) is 5.56 Å². The van der Waals surface area contributed by atoms with E-state index in [9.17, 15) is 31.5 Å². The monoisotopic (exact) mass is 565 g/mol. The molecule has 2 N–H and O–H groups in total. The normalized spacial score (nSPS) is 19.0. The van der Waals surface area contributed by atoms with E-state index in [1.165, 1.54) is 18.5 Å². The van der Waals surface area contributed by atoms with Crippen LogP contribution in [-0.2, 0) is 9.84 Å². The van der Waals surface area contributed by atoms with E-state index in [4.69, 9.17) is 4.74 Å². The summed E-state index contributed by atoms with van der Waals surface area (Å²) in [7, 11) is -3.37. The number of aliphatic hydroxyl groups excluding tert-OH is 1. The molecule has 1 saturated carbocycles. The Bertz CT molecular complexity index is 1410. The van der Waals surface area contributed by atoms with Gasteiger partial charge in [0.15, 0.2) is 9.84 Å².